The number of aliphatic hydroxyl groups is 1. The number of para-hydroxylation sites is 2. The van der Waals surface area contributed by atoms with Gasteiger partial charge in [0.2, 0.25) is 0 Å². The molecule has 0 amide bonds. The molecule has 1 aromatic carbocycles. The van der Waals surface area contributed by atoms with Gasteiger partial charge in [0, 0.05) is 0 Å². The summed E-state index contributed by atoms with van der Waals surface area (Å²) in [6, 6.07) is 7.52. The van der Waals surface area contributed by atoms with Gasteiger partial charge in [-0.05, 0) is 18.6 Å². The van der Waals surface area contributed by atoms with Crippen LogP contribution in [0.5, 0.6) is 0 Å². The standard InChI is InChI=1S/C16H22N2O3/c1-2-3-4-7-10-21-16(20)11-18-14-9-6-5-8-13(14)17-15(18)12-19/h5-6,8-9,19H,2-4,7,10-12H2,1H3. The number of nitrogens with zero attached hydrogens (tertiary/aromatic N) is 2. The van der Waals surface area contributed by atoms with E-state index in [1.54, 1.807) is 4.57 Å². The number of unbranched alkanes of at least 4 members (excludes halogenated alkanes) is 3. The predicted octanol–water partition coefficient (Wildman–Crippen LogP) is 2.65. The molecule has 1 N–H and O–H groups in total. The Morgan fingerprint density at radius 2 is 2.10 bits per heavy atom. The van der Waals surface area contributed by atoms with Gasteiger partial charge in [0.05, 0.1) is 17.6 Å². The number of aromatic nitrogens is 2. The molecule has 0 unspecified atom stereocenters. The first kappa shape index (κ1) is 15.5. The van der Waals surface area contributed by atoms with Gasteiger partial charge in [0.15, 0.2) is 0 Å². The molecule has 0 aliphatic heterocycles. The van der Waals surface area contributed by atoms with Gasteiger partial charge in [-0.3, -0.25) is 4.79 Å². The molecule has 0 bridgehead atoms. The minimum Gasteiger partial charge on any atom is -0.464 e. The Balaban J connectivity index is 1.97. The molecule has 0 saturated heterocycles. The Morgan fingerprint density at radius 3 is 2.86 bits per heavy atom. The van der Waals surface area contributed by atoms with Gasteiger partial charge in [0.25, 0.3) is 0 Å². The van der Waals surface area contributed by atoms with Crippen molar-refractivity contribution in [3.63, 3.8) is 0 Å². The molecule has 1 heterocycles. The van der Waals surface area contributed by atoms with E-state index in [1.807, 2.05) is 24.3 Å². The monoisotopic (exact) mass is 290 g/mol. The fourth-order valence-electron chi connectivity index (χ4n) is 2.31. The second-order valence-corrected chi connectivity index (χ2v) is 5.04. The van der Waals surface area contributed by atoms with Crippen molar-refractivity contribution in [2.45, 2.75) is 45.8 Å². The van der Waals surface area contributed by atoms with E-state index in [4.69, 9.17) is 4.74 Å². The fourth-order valence-corrected chi connectivity index (χ4v) is 2.31. The zero-order valence-corrected chi connectivity index (χ0v) is 12.4. The van der Waals surface area contributed by atoms with Gasteiger partial charge in [-0.1, -0.05) is 38.3 Å². The summed E-state index contributed by atoms with van der Waals surface area (Å²) in [5.41, 5.74) is 1.61. The van der Waals surface area contributed by atoms with Crippen LogP contribution in [0.3, 0.4) is 0 Å². The summed E-state index contributed by atoms with van der Waals surface area (Å²) in [5, 5.41) is 9.37. The molecule has 0 saturated carbocycles. The quantitative estimate of drug-likeness (QED) is 0.599. The Kier molecular flexibility index (Phi) is 5.75. The summed E-state index contributed by atoms with van der Waals surface area (Å²) in [4.78, 5) is 16.2. The third-order valence-corrected chi connectivity index (χ3v) is 3.42. The largest absolute Gasteiger partial charge is 0.464 e. The van der Waals surface area contributed by atoms with Crippen LogP contribution in [0.25, 0.3) is 11.0 Å². The third kappa shape index (κ3) is 4.04. The van der Waals surface area contributed by atoms with E-state index in [1.165, 1.54) is 6.42 Å². The average Bonchev–Trinajstić information content (AvgIpc) is 2.85. The number of hydrogen-bond donors (Lipinski definition) is 1. The van der Waals surface area contributed by atoms with Crippen LogP contribution >= 0.6 is 0 Å². The molecule has 0 aliphatic rings. The molecule has 5 heteroatoms. The lowest BCUT2D eigenvalue weighted by molar-refractivity contribution is -0.144. The zero-order chi connectivity index (χ0) is 15.1. The Hall–Kier alpha value is -1.88. The van der Waals surface area contributed by atoms with E-state index < -0.39 is 0 Å². The molecule has 2 rings (SSSR count). The van der Waals surface area contributed by atoms with Crippen molar-refractivity contribution >= 4 is 17.0 Å². The van der Waals surface area contributed by atoms with Crippen molar-refractivity contribution < 1.29 is 14.6 Å². The van der Waals surface area contributed by atoms with Crippen LogP contribution in [0.1, 0.15) is 38.4 Å². The fraction of sp³-hybridized carbons (Fsp3) is 0.500. The maximum atomic E-state index is 11.9. The van der Waals surface area contributed by atoms with Gasteiger partial charge in [-0.2, -0.15) is 0 Å². The molecular formula is C16H22N2O3. The number of rotatable bonds is 8. The van der Waals surface area contributed by atoms with Crippen LogP contribution in [-0.4, -0.2) is 27.2 Å². The SMILES string of the molecule is CCCCCCOC(=O)Cn1c(CO)nc2ccccc21. The van der Waals surface area contributed by atoms with Gasteiger partial charge in [0.1, 0.15) is 19.0 Å². The number of hydrogen-bond acceptors (Lipinski definition) is 4. The highest BCUT2D eigenvalue weighted by molar-refractivity contribution is 5.78. The number of aliphatic hydroxyl groups excluding tert-OH is 1. The average molecular weight is 290 g/mol. The second kappa shape index (κ2) is 7.78. The maximum Gasteiger partial charge on any atom is 0.326 e. The predicted molar refractivity (Wildman–Crippen MR) is 80.8 cm³/mol. The van der Waals surface area contributed by atoms with Crippen molar-refractivity contribution in [1.82, 2.24) is 9.55 Å². The lowest BCUT2D eigenvalue weighted by atomic mass is 10.2. The highest BCUT2D eigenvalue weighted by Gasteiger charge is 2.13. The molecular weight excluding hydrogens is 268 g/mol. The van der Waals surface area contributed by atoms with Crippen molar-refractivity contribution in [3.8, 4) is 0 Å². The van der Waals surface area contributed by atoms with E-state index >= 15 is 0 Å². The molecule has 0 radical (unpaired) electrons. The highest BCUT2D eigenvalue weighted by Crippen LogP contribution is 2.16. The topological polar surface area (TPSA) is 64.3 Å². The van der Waals surface area contributed by atoms with Gasteiger partial charge < -0.3 is 14.4 Å². The van der Waals surface area contributed by atoms with Crippen LogP contribution in [-0.2, 0) is 22.7 Å². The molecule has 21 heavy (non-hydrogen) atoms. The van der Waals surface area contributed by atoms with Gasteiger partial charge in [-0.15, -0.1) is 0 Å². The third-order valence-electron chi connectivity index (χ3n) is 3.42. The van der Waals surface area contributed by atoms with Crippen molar-refractivity contribution in [2.75, 3.05) is 6.61 Å². The van der Waals surface area contributed by atoms with Crippen molar-refractivity contribution in [1.29, 1.82) is 0 Å². The number of benzene rings is 1. The van der Waals surface area contributed by atoms with E-state index in [9.17, 15) is 9.90 Å². The number of carbonyl (C=O) groups is 1. The molecule has 5 nitrogen and oxygen atoms in total. The van der Waals surface area contributed by atoms with Gasteiger partial charge >= 0.3 is 5.97 Å². The molecule has 0 aliphatic carbocycles. The first-order valence-electron chi connectivity index (χ1n) is 7.47. The summed E-state index contributed by atoms with van der Waals surface area (Å²) in [5.74, 6) is 0.198. The zero-order valence-electron chi connectivity index (χ0n) is 12.4. The first-order valence-corrected chi connectivity index (χ1v) is 7.47. The van der Waals surface area contributed by atoms with Crippen molar-refractivity contribution in [2.24, 2.45) is 0 Å². The lowest BCUT2D eigenvalue weighted by Gasteiger charge is -2.08. The number of fused-ring (bicyclic) bond motifs is 1. The summed E-state index contributed by atoms with van der Waals surface area (Å²) in [6.45, 7) is 2.50. The molecule has 1 aromatic heterocycles. The summed E-state index contributed by atoms with van der Waals surface area (Å²) in [6.07, 6.45) is 4.31. The van der Waals surface area contributed by atoms with E-state index in [0.29, 0.717) is 12.4 Å². The Bertz CT molecular complexity index is 592. The minimum absolute atomic E-state index is 0.0875. The molecule has 114 valence electrons. The number of esters is 1. The summed E-state index contributed by atoms with van der Waals surface area (Å²) in [7, 11) is 0. The summed E-state index contributed by atoms with van der Waals surface area (Å²) < 4.78 is 6.95. The number of ether oxygens (including phenoxy) is 1. The summed E-state index contributed by atoms with van der Waals surface area (Å²) >= 11 is 0. The van der Waals surface area contributed by atoms with Crippen LogP contribution in [0, 0.1) is 0 Å². The maximum absolute atomic E-state index is 11.9. The molecule has 0 fully saturated rings. The highest BCUT2D eigenvalue weighted by atomic mass is 16.5. The van der Waals surface area contributed by atoms with Gasteiger partial charge in [-0.25, -0.2) is 4.98 Å². The molecule has 0 atom stereocenters. The normalized spacial score (nSPS) is 11.0. The van der Waals surface area contributed by atoms with Crippen LogP contribution in [0.2, 0.25) is 0 Å². The minimum atomic E-state index is -0.288. The Morgan fingerprint density at radius 1 is 1.29 bits per heavy atom. The molecule has 0 spiro atoms. The van der Waals surface area contributed by atoms with Crippen LogP contribution in [0.15, 0.2) is 24.3 Å². The second-order valence-electron chi connectivity index (χ2n) is 5.04. The van der Waals surface area contributed by atoms with Crippen LogP contribution < -0.4 is 0 Å². The van der Waals surface area contributed by atoms with E-state index in [0.717, 1.165) is 30.3 Å². The van der Waals surface area contributed by atoms with Crippen molar-refractivity contribution in [3.05, 3.63) is 30.1 Å². The number of imidazole rings is 1. The smallest absolute Gasteiger partial charge is 0.326 e. The van der Waals surface area contributed by atoms with E-state index in [-0.39, 0.29) is 19.1 Å². The first-order chi connectivity index (χ1) is 10.3. The Labute approximate surface area is 124 Å². The number of carbonyl (C=O) groups excluding carboxylic acids is 1. The van der Waals surface area contributed by atoms with Crippen LogP contribution in [0.4, 0.5) is 0 Å². The van der Waals surface area contributed by atoms with E-state index in [2.05, 4.69) is 11.9 Å². The lowest BCUT2D eigenvalue weighted by Crippen LogP contribution is -2.16. The molecule has 2 aromatic rings.